The number of nitriles is 1. The zero-order valence-electron chi connectivity index (χ0n) is 19.9. The molecule has 0 amide bonds. The molecule has 0 saturated carbocycles. The summed E-state index contributed by atoms with van der Waals surface area (Å²) in [6, 6.07) is 21.6. The summed E-state index contributed by atoms with van der Waals surface area (Å²) in [5.74, 6) is 1.11. The van der Waals surface area contributed by atoms with Crippen LogP contribution in [0.5, 0.6) is 0 Å². The van der Waals surface area contributed by atoms with E-state index in [4.69, 9.17) is 4.98 Å². The van der Waals surface area contributed by atoms with Crippen LogP contribution in [0, 0.1) is 25.2 Å². The van der Waals surface area contributed by atoms with Crippen LogP contribution in [0.1, 0.15) is 48.3 Å². The van der Waals surface area contributed by atoms with Gasteiger partial charge in [-0.25, -0.2) is 4.98 Å². The van der Waals surface area contributed by atoms with Gasteiger partial charge in [0.1, 0.15) is 11.9 Å². The van der Waals surface area contributed by atoms with E-state index in [1.807, 2.05) is 6.92 Å². The van der Waals surface area contributed by atoms with Crippen LogP contribution in [0.2, 0.25) is 0 Å². The Hall–Kier alpha value is -3.58. The van der Waals surface area contributed by atoms with Crippen molar-refractivity contribution in [2.75, 3.05) is 4.90 Å². The lowest BCUT2D eigenvalue weighted by Gasteiger charge is -2.30. The largest absolute Gasteiger partial charge is 0.325 e. The SMILES string of the molecule is CCCc1nc2c(C)cccc2n1-c1ccc2c(c1C)CCc1ccccc1N2C(C)C#N. The molecule has 0 N–H and O–H groups in total. The van der Waals surface area contributed by atoms with Crippen molar-refractivity contribution in [3.63, 3.8) is 0 Å². The molecule has 1 atom stereocenters. The second-order valence-corrected chi connectivity index (χ2v) is 9.07. The van der Waals surface area contributed by atoms with E-state index in [-0.39, 0.29) is 6.04 Å². The van der Waals surface area contributed by atoms with Crippen molar-refractivity contribution >= 4 is 22.4 Å². The zero-order chi connectivity index (χ0) is 23.1. The van der Waals surface area contributed by atoms with Gasteiger partial charge in [0.25, 0.3) is 0 Å². The Labute approximate surface area is 196 Å². The van der Waals surface area contributed by atoms with Crippen LogP contribution < -0.4 is 4.90 Å². The third kappa shape index (κ3) is 3.40. The van der Waals surface area contributed by atoms with Gasteiger partial charge in [-0.1, -0.05) is 37.3 Å². The summed E-state index contributed by atoms with van der Waals surface area (Å²) in [4.78, 5) is 7.27. The van der Waals surface area contributed by atoms with Crippen LogP contribution in [0.15, 0.2) is 54.6 Å². The first-order valence-corrected chi connectivity index (χ1v) is 11.9. The predicted octanol–water partition coefficient (Wildman–Crippen LogP) is 6.74. The molecule has 166 valence electrons. The summed E-state index contributed by atoms with van der Waals surface area (Å²) in [7, 11) is 0. The van der Waals surface area contributed by atoms with Crippen molar-refractivity contribution in [2.24, 2.45) is 0 Å². The van der Waals surface area contributed by atoms with E-state index < -0.39 is 0 Å². The molecule has 1 aliphatic rings. The van der Waals surface area contributed by atoms with Gasteiger partial charge in [0.05, 0.1) is 22.8 Å². The third-order valence-electron chi connectivity index (χ3n) is 6.95. The first kappa shape index (κ1) is 21.3. The Morgan fingerprint density at radius 2 is 1.76 bits per heavy atom. The molecule has 3 aromatic carbocycles. The number of nitrogens with zero attached hydrogens (tertiary/aromatic N) is 4. The van der Waals surface area contributed by atoms with Gasteiger partial charge in [-0.15, -0.1) is 0 Å². The molecular formula is C29H30N4. The maximum absolute atomic E-state index is 9.84. The van der Waals surface area contributed by atoms with E-state index in [1.54, 1.807) is 0 Å². The second-order valence-electron chi connectivity index (χ2n) is 9.07. The standard InChI is InChI=1S/C29H30N4/c1-5-9-28-31-29-19(2)10-8-13-27(29)33(28)24-16-17-26-23(21(24)4)15-14-22-11-6-7-12-25(22)32(26)20(3)18-30/h6-8,10-13,16-17,20H,5,9,14-15H2,1-4H3. The fourth-order valence-corrected chi connectivity index (χ4v) is 5.28. The highest BCUT2D eigenvalue weighted by atomic mass is 15.2. The molecule has 5 rings (SSSR count). The van der Waals surface area contributed by atoms with Gasteiger partial charge in [0.15, 0.2) is 0 Å². The smallest absolute Gasteiger partial charge is 0.118 e. The van der Waals surface area contributed by atoms with Crippen LogP contribution in [-0.2, 0) is 19.3 Å². The van der Waals surface area contributed by atoms with Gasteiger partial charge in [-0.3, -0.25) is 4.57 Å². The Balaban J connectivity index is 1.75. The summed E-state index contributed by atoms with van der Waals surface area (Å²) in [6.07, 6.45) is 3.91. The highest BCUT2D eigenvalue weighted by Gasteiger charge is 2.27. The van der Waals surface area contributed by atoms with Crippen molar-refractivity contribution in [3.05, 3.63) is 82.7 Å². The van der Waals surface area contributed by atoms with Crippen molar-refractivity contribution in [1.29, 1.82) is 5.26 Å². The highest BCUT2D eigenvalue weighted by Crippen LogP contribution is 2.41. The number of aryl methyl sites for hydroxylation is 3. The first-order valence-electron chi connectivity index (χ1n) is 11.9. The summed E-state index contributed by atoms with van der Waals surface area (Å²) < 4.78 is 2.36. The fraction of sp³-hybridized carbons (Fsp3) is 0.310. The molecule has 0 aliphatic carbocycles. The average molecular weight is 435 g/mol. The lowest BCUT2D eigenvalue weighted by atomic mass is 9.98. The Bertz CT molecular complexity index is 1390. The molecule has 1 aromatic heterocycles. The lowest BCUT2D eigenvalue weighted by molar-refractivity contribution is 0.813. The lowest BCUT2D eigenvalue weighted by Crippen LogP contribution is -2.28. The number of benzene rings is 3. The molecule has 0 spiro atoms. The third-order valence-corrected chi connectivity index (χ3v) is 6.95. The van der Waals surface area contributed by atoms with Crippen molar-refractivity contribution < 1.29 is 0 Å². The molecule has 4 heteroatoms. The maximum Gasteiger partial charge on any atom is 0.118 e. The maximum atomic E-state index is 9.84. The normalized spacial score (nSPS) is 13.8. The highest BCUT2D eigenvalue weighted by molar-refractivity contribution is 5.83. The Morgan fingerprint density at radius 3 is 2.55 bits per heavy atom. The molecule has 1 unspecified atom stereocenters. The summed E-state index contributed by atoms with van der Waals surface area (Å²) in [5.41, 5.74) is 10.8. The quantitative estimate of drug-likeness (QED) is 0.357. The van der Waals surface area contributed by atoms with E-state index in [0.29, 0.717) is 0 Å². The van der Waals surface area contributed by atoms with Crippen LogP contribution in [0.4, 0.5) is 11.4 Å². The van der Waals surface area contributed by atoms with Crippen LogP contribution in [0.3, 0.4) is 0 Å². The van der Waals surface area contributed by atoms with Gasteiger partial charge >= 0.3 is 0 Å². The Morgan fingerprint density at radius 1 is 0.970 bits per heavy atom. The molecule has 4 nitrogen and oxygen atoms in total. The minimum absolute atomic E-state index is 0.249. The van der Waals surface area contributed by atoms with Crippen LogP contribution in [-0.4, -0.2) is 15.6 Å². The molecule has 0 saturated heterocycles. The zero-order valence-corrected chi connectivity index (χ0v) is 19.9. The van der Waals surface area contributed by atoms with Gasteiger partial charge in [-0.2, -0.15) is 5.26 Å². The molecule has 2 heterocycles. The molecule has 1 aliphatic heterocycles. The summed E-state index contributed by atoms with van der Waals surface area (Å²) in [6.45, 7) is 8.56. The number of fused-ring (bicyclic) bond motifs is 3. The monoisotopic (exact) mass is 434 g/mol. The van der Waals surface area contributed by atoms with Crippen LogP contribution in [0.25, 0.3) is 16.7 Å². The average Bonchev–Trinajstić information content (AvgIpc) is 3.09. The van der Waals surface area contributed by atoms with E-state index in [2.05, 4.69) is 90.9 Å². The van der Waals surface area contributed by atoms with E-state index in [1.165, 1.54) is 33.5 Å². The molecule has 4 aromatic rings. The summed E-state index contributed by atoms with van der Waals surface area (Å²) in [5, 5.41) is 9.84. The molecular weight excluding hydrogens is 404 g/mol. The van der Waals surface area contributed by atoms with E-state index in [0.717, 1.165) is 48.4 Å². The number of aromatic nitrogens is 2. The molecule has 33 heavy (non-hydrogen) atoms. The molecule has 0 radical (unpaired) electrons. The predicted molar refractivity (Wildman–Crippen MR) is 136 cm³/mol. The Kier molecular flexibility index (Phi) is 5.42. The van der Waals surface area contributed by atoms with Gasteiger partial charge in [-0.05, 0) is 86.6 Å². The number of rotatable bonds is 4. The second kappa shape index (κ2) is 8.41. The number of hydrogen-bond donors (Lipinski definition) is 0. The van der Waals surface area contributed by atoms with E-state index >= 15 is 0 Å². The number of anilines is 2. The van der Waals surface area contributed by atoms with Crippen molar-refractivity contribution in [3.8, 4) is 11.8 Å². The molecule has 0 fully saturated rings. The van der Waals surface area contributed by atoms with Gasteiger partial charge in [0.2, 0.25) is 0 Å². The van der Waals surface area contributed by atoms with Crippen molar-refractivity contribution in [2.45, 2.75) is 59.4 Å². The minimum atomic E-state index is -0.249. The van der Waals surface area contributed by atoms with Crippen molar-refractivity contribution in [1.82, 2.24) is 9.55 Å². The van der Waals surface area contributed by atoms with Gasteiger partial charge < -0.3 is 4.90 Å². The summed E-state index contributed by atoms with van der Waals surface area (Å²) >= 11 is 0. The number of para-hydroxylation sites is 2. The van der Waals surface area contributed by atoms with Crippen LogP contribution >= 0.6 is 0 Å². The van der Waals surface area contributed by atoms with E-state index in [9.17, 15) is 5.26 Å². The first-order chi connectivity index (χ1) is 16.0. The van der Waals surface area contributed by atoms with Gasteiger partial charge in [0, 0.05) is 17.8 Å². The molecule has 0 bridgehead atoms. The minimum Gasteiger partial charge on any atom is -0.325 e. The topological polar surface area (TPSA) is 44.9 Å². The number of hydrogen-bond acceptors (Lipinski definition) is 3. The number of imidazole rings is 1. The fourth-order valence-electron chi connectivity index (χ4n) is 5.28.